The van der Waals surface area contributed by atoms with E-state index in [9.17, 15) is 0 Å². The predicted molar refractivity (Wildman–Crippen MR) is 108 cm³/mol. The first-order chi connectivity index (χ1) is 12.7. The number of hydrogen-bond donors (Lipinski definition) is 2. The summed E-state index contributed by atoms with van der Waals surface area (Å²) in [4.78, 5) is 4.60. The Bertz CT molecular complexity index is 835. The molecule has 2 aliphatic heterocycles. The highest BCUT2D eigenvalue weighted by Crippen LogP contribution is 2.27. The summed E-state index contributed by atoms with van der Waals surface area (Å²) >= 11 is 1.60. The standard InChI is InChI=1S/C20H24N4OS/c1-14-11-18(15(2)24(14)12-17-9-6-10-25-17)19-13-26-20(23-22-19)21-16-7-4-3-5-8-16/h3-5,7-8,11,13,17,22H,6,9-10,12H2,1-2H3,(H,21,23)/t17-/m1/s1. The molecule has 1 atom stereocenters. The molecule has 3 heterocycles. The highest BCUT2D eigenvalue weighted by Gasteiger charge is 2.21. The minimum absolute atomic E-state index is 0.345. The summed E-state index contributed by atoms with van der Waals surface area (Å²) in [5.41, 5.74) is 12.3. The second-order valence-electron chi connectivity index (χ2n) is 6.68. The SMILES string of the molecule is Cc1cc(C2=CSC(=Nc3ccccc3)NN2)c(C)n1C[C@H]1CCCO1. The van der Waals surface area contributed by atoms with Crippen LogP contribution in [-0.4, -0.2) is 22.4 Å². The molecule has 0 unspecified atom stereocenters. The number of thioether (sulfide) groups is 1. The van der Waals surface area contributed by atoms with Crippen LogP contribution in [0.25, 0.3) is 5.70 Å². The molecule has 6 heteroatoms. The van der Waals surface area contributed by atoms with Gasteiger partial charge in [0.05, 0.1) is 17.5 Å². The monoisotopic (exact) mass is 368 g/mol. The van der Waals surface area contributed by atoms with Crippen LogP contribution in [-0.2, 0) is 11.3 Å². The first-order valence-corrected chi connectivity index (χ1v) is 9.90. The molecule has 0 spiro atoms. The van der Waals surface area contributed by atoms with E-state index in [4.69, 9.17) is 4.74 Å². The number of nitrogens with one attached hydrogen (secondary N) is 2. The van der Waals surface area contributed by atoms with Crippen LogP contribution in [0.3, 0.4) is 0 Å². The van der Waals surface area contributed by atoms with E-state index in [-0.39, 0.29) is 0 Å². The number of aliphatic imine (C=N–C) groups is 1. The summed E-state index contributed by atoms with van der Waals surface area (Å²) in [5, 5.41) is 2.96. The number of aromatic nitrogens is 1. The Morgan fingerprint density at radius 1 is 1.23 bits per heavy atom. The summed E-state index contributed by atoms with van der Waals surface area (Å²) in [6.45, 7) is 6.18. The quantitative estimate of drug-likeness (QED) is 0.853. The largest absolute Gasteiger partial charge is 0.376 e. The highest BCUT2D eigenvalue weighted by molar-refractivity contribution is 8.16. The predicted octanol–water partition coefficient (Wildman–Crippen LogP) is 4.11. The smallest absolute Gasteiger partial charge is 0.184 e. The number of benzene rings is 1. The highest BCUT2D eigenvalue weighted by atomic mass is 32.2. The van der Waals surface area contributed by atoms with E-state index in [0.29, 0.717) is 6.10 Å². The zero-order chi connectivity index (χ0) is 17.9. The van der Waals surface area contributed by atoms with E-state index in [1.807, 2.05) is 30.3 Å². The van der Waals surface area contributed by atoms with Crippen molar-refractivity contribution in [3.8, 4) is 0 Å². The van der Waals surface area contributed by atoms with Crippen LogP contribution >= 0.6 is 11.8 Å². The van der Waals surface area contributed by atoms with Crippen LogP contribution in [0.1, 0.15) is 29.8 Å². The van der Waals surface area contributed by atoms with Crippen molar-refractivity contribution in [1.29, 1.82) is 0 Å². The van der Waals surface area contributed by atoms with Crippen LogP contribution < -0.4 is 10.9 Å². The van der Waals surface area contributed by atoms with E-state index in [1.54, 1.807) is 11.8 Å². The number of nitrogens with zero attached hydrogens (tertiary/aromatic N) is 2. The molecule has 5 nitrogen and oxygen atoms in total. The zero-order valence-corrected chi connectivity index (χ0v) is 16.0. The first kappa shape index (κ1) is 17.2. The van der Waals surface area contributed by atoms with Crippen molar-refractivity contribution in [2.75, 3.05) is 6.61 Å². The molecule has 0 saturated carbocycles. The molecule has 0 amide bonds. The van der Waals surface area contributed by atoms with Gasteiger partial charge in [-0.05, 0) is 44.9 Å². The molecule has 4 rings (SSSR count). The normalized spacial score (nSPS) is 21.4. The first-order valence-electron chi connectivity index (χ1n) is 9.02. The molecule has 1 aromatic heterocycles. The molecule has 1 saturated heterocycles. The molecular formula is C20H24N4OS. The van der Waals surface area contributed by atoms with Gasteiger partial charge in [0.25, 0.3) is 0 Å². The second-order valence-corrected chi connectivity index (χ2v) is 7.54. The van der Waals surface area contributed by atoms with Gasteiger partial charge in [-0.3, -0.25) is 10.9 Å². The summed E-state index contributed by atoms with van der Waals surface area (Å²) in [6.07, 6.45) is 2.68. The van der Waals surface area contributed by atoms with Crippen LogP contribution in [0, 0.1) is 13.8 Å². The van der Waals surface area contributed by atoms with Crippen molar-refractivity contribution in [2.24, 2.45) is 4.99 Å². The molecule has 2 N–H and O–H groups in total. The Morgan fingerprint density at radius 2 is 2.08 bits per heavy atom. The molecule has 1 aromatic carbocycles. The number of aryl methyl sites for hydroxylation is 1. The maximum Gasteiger partial charge on any atom is 0.184 e. The fourth-order valence-corrected chi connectivity index (χ4v) is 4.13. The molecule has 136 valence electrons. The molecule has 26 heavy (non-hydrogen) atoms. The number of para-hydroxylation sites is 1. The fraction of sp³-hybridized carbons (Fsp3) is 0.350. The molecule has 0 radical (unpaired) electrons. The number of hydrazine groups is 1. The van der Waals surface area contributed by atoms with E-state index in [0.717, 1.165) is 36.1 Å². The molecule has 1 fully saturated rings. The van der Waals surface area contributed by atoms with Gasteiger partial charge < -0.3 is 9.30 Å². The third kappa shape index (κ3) is 3.66. The van der Waals surface area contributed by atoms with Gasteiger partial charge in [-0.1, -0.05) is 30.0 Å². The number of rotatable bonds is 4. The van der Waals surface area contributed by atoms with Gasteiger partial charge in [-0.15, -0.1) is 0 Å². The maximum atomic E-state index is 5.81. The topological polar surface area (TPSA) is 50.6 Å². The lowest BCUT2D eigenvalue weighted by molar-refractivity contribution is 0.0962. The average molecular weight is 369 g/mol. The fourth-order valence-electron chi connectivity index (χ4n) is 3.45. The lowest BCUT2D eigenvalue weighted by Gasteiger charge is -2.19. The van der Waals surface area contributed by atoms with Crippen molar-refractivity contribution in [1.82, 2.24) is 15.4 Å². The van der Waals surface area contributed by atoms with Gasteiger partial charge in [-0.25, -0.2) is 4.99 Å². The number of hydrogen-bond acceptors (Lipinski definition) is 4. The van der Waals surface area contributed by atoms with Crippen LogP contribution in [0.15, 0.2) is 46.8 Å². The van der Waals surface area contributed by atoms with E-state index in [1.165, 1.54) is 23.4 Å². The molecule has 0 bridgehead atoms. The summed E-state index contributed by atoms with van der Waals surface area (Å²) in [5.74, 6) is 0. The van der Waals surface area contributed by atoms with Crippen molar-refractivity contribution in [2.45, 2.75) is 39.3 Å². The van der Waals surface area contributed by atoms with Crippen molar-refractivity contribution < 1.29 is 4.74 Å². The third-order valence-corrected chi connectivity index (χ3v) is 5.62. The summed E-state index contributed by atoms with van der Waals surface area (Å²) < 4.78 is 8.18. The van der Waals surface area contributed by atoms with Gasteiger partial charge in [0, 0.05) is 35.5 Å². The van der Waals surface area contributed by atoms with Gasteiger partial charge in [0.1, 0.15) is 0 Å². The average Bonchev–Trinajstić information content (AvgIpc) is 3.27. The molecule has 2 aromatic rings. The Morgan fingerprint density at radius 3 is 2.77 bits per heavy atom. The van der Waals surface area contributed by atoms with Gasteiger partial charge in [0.15, 0.2) is 5.17 Å². The van der Waals surface area contributed by atoms with Crippen molar-refractivity contribution >= 4 is 28.3 Å². The molecule has 0 aliphatic carbocycles. The Labute approximate surface area is 158 Å². The third-order valence-electron chi connectivity index (χ3n) is 4.85. The van der Waals surface area contributed by atoms with Gasteiger partial charge >= 0.3 is 0 Å². The van der Waals surface area contributed by atoms with E-state index in [2.05, 4.69) is 45.7 Å². The van der Waals surface area contributed by atoms with Crippen molar-refractivity contribution in [3.05, 3.63) is 58.8 Å². The number of amidine groups is 1. The molecule has 2 aliphatic rings. The molecular weight excluding hydrogens is 344 g/mol. The lowest BCUT2D eigenvalue weighted by atomic mass is 10.2. The Balaban J connectivity index is 1.51. The van der Waals surface area contributed by atoms with Gasteiger partial charge in [0.2, 0.25) is 0 Å². The lowest BCUT2D eigenvalue weighted by Crippen LogP contribution is -2.36. The van der Waals surface area contributed by atoms with Crippen molar-refractivity contribution in [3.63, 3.8) is 0 Å². The van der Waals surface area contributed by atoms with E-state index < -0.39 is 0 Å². The minimum atomic E-state index is 0.345. The Kier molecular flexibility index (Phi) is 5.04. The minimum Gasteiger partial charge on any atom is -0.376 e. The summed E-state index contributed by atoms with van der Waals surface area (Å²) in [7, 11) is 0. The van der Waals surface area contributed by atoms with Gasteiger partial charge in [-0.2, -0.15) is 0 Å². The van der Waals surface area contributed by atoms with E-state index >= 15 is 0 Å². The second kappa shape index (κ2) is 7.60. The summed E-state index contributed by atoms with van der Waals surface area (Å²) in [6, 6.07) is 12.2. The number of ether oxygens (including phenoxy) is 1. The van der Waals surface area contributed by atoms with Crippen LogP contribution in [0.4, 0.5) is 5.69 Å². The Hall–Kier alpha value is -2.18. The van der Waals surface area contributed by atoms with Crippen LogP contribution in [0.2, 0.25) is 0 Å². The van der Waals surface area contributed by atoms with Crippen LogP contribution in [0.5, 0.6) is 0 Å². The maximum absolute atomic E-state index is 5.81. The zero-order valence-electron chi connectivity index (χ0n) is 15.2.